The molecule has 2 aromatic rings. The Balaban J connectivity index is 1.97. The molecule has 0 aliphatic carbocycles. The molecule has 0 aromatic heterocycles. The Labute approximate surface area is 165 Å². The van der Waals surface area contributed by atoms with E-state index in [-0.39, 0.29) is 24.8 Å². The molecule has 6 heteroatoms. The number of carbonyl (C=O) groups is 2. The minimum Gasteiger partial charge on any atom is -0.494 e. The number of hydrogen-bond donors (Lipinski definition) is 1. The van der Waals surface area contributed by atoms with Gasteiger partial charge in [-0.25, -0.2) is 4.39 Å². The van der Waals surface area contributed by atoms with Crippen molar-refractivity contribution in [2.75, 3.05) is 13.7 Å². The molecule has 2 amide bonds. The maximum Gasteiger partial charge on any atom is 0.242 e. The van der Waals surface area contributed by atoms with Gasteiger partial charge in [-0.05, 0) is 38.5 Å². The number of nitrogens with one attached hydrogen (secondary N) is 1. The predicted molar refractivity (Wildman–Crippen MR) is 106 cm³/mol. The molecule has 0 heterocycles. The van der Waals surface area contributed by atoms with E-state index < -0.39 is 11.9 Å². The van der Waals surface area contributed by atoms with Crippen molar-refractivity contribution in [2.24, 2.45) is 0 Å². The molecule has 1 N–H and O–H groups in total. The van der Waals surface area contributed by atoms with Crippen LogP contribution in [-0.4, -0.2) is 36.4 Å². The van der Waals surface area contributed by atoms with Gasteiger partial charge in [0, 0.05) is 25.6 Å². The number of benzene rings is 2. The standard InChI is InChI=1S/C22H27FN2O3/c1-16-10-12-19(13-11-16)28-14-6-9-21(26)25(17(2)22(27)24-3)15-18-7-4-5-8-20(18)23/h4-5,7-8,10-13,17H,6,9,14-15H2,1-3H3,(H,24,27). The molecule has 2 rings (SSSR count). The van der Waals surface area contributed by atoms with Gasteiger partial charge in [0.2, 0.25) is 11.8 Å². The Kier molecular flexibility index (Phi) is 7.99. The number of amides is 2. The molecular formula is C22H27FN2O3. The van der Waals surface area contributed by atoms with E-state index in [2.05, 4.69) is 5.32 Å². The topological polar surface area (TPSA) is 58.6 Å². The minimum absolute atomic E-state index is 0.0406. The number of carbonyl (C=O) groups excluding carboxylic acids is 2. The van der Waals surface area contributed by atoms with Crippen LogP contribution in [-0.2, 0) is 16.1 Å². The second-order valence-corrected chi connectivity index (χ2v) is 6.67. The first-order valence-electron chi connectivity index (χ1n) is 9.36. The maximum atomic E-state index is 14.0. The fraction of sp³-hybridized carbons (Fsp3) is 0.364. The zero-order chi connectivity index (χ0) is 20.5. The van der Waals surface area contributed by atoms with Crippen LogP contribution in [0.25, 0.3) is 0 Å². The van der Waals surface area contributed by atoms with Crippen molar-refractivity contribution in [3.05, 3.63) is 65.5 Å². The molecule has 150 valence electrons. The second-order valence-electron chi connectivity index (χ2n) is 6.67. The fourth-order valence-corrected chi connectivity index (χ4v) is 2.79. The highest BCUT2D eigenvalue weighted by Gasteiger charge is 2.25. The van der Waals surface area contributed by atoms with Gasteiger partial charge in [0.25, 0.3) is 0 Å². The molecule has 0 radical (unpaired) electrons. The van der Waals surface area contributed by atoms with Crippen LogP contribution >= 0.6 is 0 Å². The maximum absolute atomic E-state index is 14.0. The van der Waals surface area contributed by atoms with Gasteiger partial charge < -0.3 is 15.0 Å². The van der Waals surface area contributed by atoms with Gasteiger partial charge in [0.1, 0.15) is 17.6 Å². The molecule has 1 unspecified atom stereocenters. The van der Waals surface area contributed by atoms with Crippen LogP contribution in [0.3, 0.4) is 0 Å². The Morgan fingerprint density at radius 2 is 1.82 bits per heavy atom. The summed E-state index contributed by atoms with van der Waals surface area (Å²) in [4.78, 5) is 26.2. The highest BCUT2D eigenvalue weighted by atomic mass is 19.1. The minimum atomic E-state index is -0.699. The summed E-state index contributed by atoms with van der Waals surface area (Å²) < 4.78 is 19.7. The van der Waals surface area contributed by atoms with E-state index >= 15 is 0 Å². The molecule has 0 saturated heterocycles. The van der Waals surface area contributed by atoms with Crippen molar-refractivity contribution < 1.29 is 18.7 Å². The first kappa shape index (κ1) is 21.4. The quantitative estimate of drug-likeness (QED) is 0.672. The molecule has 0 bridgehead atoms. The summed E-state index contributed by atoms with van der Waals surface area (Å²) in [5, 5.41) is 2.54. The average Bonchev–Trinajstić information content (AvgIpc) is 2.70. The molecule has 28 heavy (non-hydrogen) atoms. The largest absolute Gasteiger partial charge is 0.494 e. The summed E-state index contributed by atoms with van der Waals surface area (Å²) in [6.07, 6.45) is 0.711. The SMILES string of the molecule is CNC(=O)C(C)N(Cc1ccccc1F)C(=O)CCCOc1ccc(C)cc1. The van der Waals surface area contributed by atoms with E-state index in [1.54, 1.807) is 25.1 Å². The van der Waals surface area contributed by atoms with Crippen LogP contribution in [0.15, 0.2) is 48.5 Å². The van der Waals surface area contributed by atoms with Gasteiger partial charge in [0.05, 0.1) is 6.61 Å². The average molecular weight is 386 g/mol. The zero-order valence-corrected chi connectivity index (χ0v) is 16.6. The van der Waals surface area contributed by atoms with Crippen LogP contribution in [0.5, 0.6) is 5.75 Å². The van der Waals surface area contributed by atoms with E-state index in [0.29, 0.717) is 18.6 Å². The summed E-state index contributed by atoms with van der Waals surface area (Å²) in [7, 11) is 1.51. The predicted octanol–water partition coefficient (Wildman–Crippen LogP) is 3.46. The first-order valence-corrected chi connectivity index (χ1v) is 9.36. The third kappa shape index (κ3) is 6.08. The second kappa shape index (κ2) is 10.4. The summed E-state index contributed by atoms with van der Waals surface area (Å²) in [6.45, 7) is 4.07. The Bertz CT molecular complexity index is 793. The number of likely N-dealkylation sites (N-methyl/N-ethyl adjacent to an activating group) is 1. The van der Waals surface area contributed by atoms with Gasteiger partial charge in [0.15, 0.2) is 0 Å². The molecule has 5 nitrogen and oxygen atoms in total. The fourth-order valence-electron chi connectivity index (χ4n) is 2.79. The summed E-state index contributed by atoms with van der Waals surface area (Å²) in [5.41, 5.74) is 1.53. The number of halogens is 1. The number of rotatable bonds is 9. The molecule has 0 fully saturated rings. The summed E-state index contributed by atoms with van der Waals surface area (Å²) in [6, 6.07) is 13.3. The lowest BCUT2D eigenvalue weighted by Crippen LogP contribution is -2.46. The summed E-state index contributed by atoms with van der Waals surface area (Å²) in [5.74, 6) is -0.153. The molecule has 0 aliphatic rings. The van der Waals surface area contributed by atoms with Gasteiger partial charge in [-0.1, -0.05) is 35.9 Å². The molecule has 0 aliphatic heterocycles. The van der Waals surface area contributed by atoms with Crippen LogP contribution in [0, 0.1) is 12.7 Å². The molecule has 2 aromatic carbocycles. The smallest absolute Gasteiger partial charge is 0.242 e. The zero-order valence-electron chi connectivity index (χ0n) is 16.6. The van der Waals surface area contributed by atoms with Crippen molar-refractivity contribution in [1.29, 1.82) is 0 Å². The highest BCUT2D eigenvalue weighted by molar-refractivity contribution is 5.87. The number of nitrogens with zero attached hydrogens (tertiary/aromatic N) is 1. The Hall–Kier alpha value is -2.89. The lowest BCUT2D eigenvalue weighted by Gasteiger charge is -2.28. The summed E-state index contributed by atoms with van der Waals surface area (Å²) >= 11 is 0. The number of hydrogen-bond acceptors (Lipinski definition) is 3. The lowest BCUT2D eigenvalue weighted by atomic mass is 10.1. The van der Waals surface area contributed by atoms with E-state index in [0.717, 1.165) is 11.3 Å². The van der Waals surface area contributed by atoms with Gasteiger partial charge in [-0.2, -0.15) is 0 Å². The van der Waals surface area contributed by atoms with Crippen LogP contribution in [0.2, 0.25) is 0 Å². The third-order valence-electron chi connectivity index (χ3n) is 4.54. The van der Waals surface area contributed by atoms with E-state index in [1.807, 2.05) is 31.2 Å². The Morgan fingerprint density at radius 3 is 2.46 bits per heavy atom. The van der Waals surface area contributed by atoms with E-state index in [4.69, 9.17) is 4.74 Å². The molecule has 0 saturated carbocycles. The number of aryl methyl sites for hydroxylation is 1. The van der Waals surface area contributed by atoms with Crippen molar-refractivity contribution in [3.63, 3.8) is 0 Å². The van der Waals surface area contributed by atoms with Gasteiger partial charge in [-0.3, -0.25) is 9.59 Å². The van der Waals surface area contributed by atoms with Crippen LogP contribution in [0.1, 0.15) is 30.9 Å². The van der Waals surface area contributed by atoms with E-state index in [1.165, 1.54) is 18.0 Å². The highest BCUT2D eigenvalue weighted by Crippen LogP contribution is 2.15. The monoisotopic (exact) mass is 386 g/mol. The normalized spacial score (nSPS) is 11.6. The molecule has 0 spiro atoms. The molecule has 1 atom stereocenters. The van der Waals surface area contributed by atoms with Crippen LogP contribution in [0.4, 0.5) is 4.39 Å². The Morgan fingerprint density at radius 1 is 1.14 bits per heavy atom. The number of ether oxygens (including phenoxy) is 1. The van der Waals surface area contributed by atoms with Gasteiger partial charge in [-0.15, -0.1) is 0 Å². The van der Waals surface area contributed by atoms with Crippen molar-refractivity contribution in [2.45, 2.75) is 39.3 Å². The lowest BCUT2D eigenvalue weighted by molar-refractivity contribution is -0.140. The first-order chi connectivity index (χ1) is 13.4. The third-order valence-corrected chi connectivity index (χ3v) is 4.54. The van der Waals surface area contributed by atoms with Crippen LogP contribution < -0.4 is 10.1 Å². The van der Waals surface area contributed by atoms with Crippen molar-refractivity contribution >= 4 is 11.8 Å². The van der Waals surface area contributed by atoms with E-state index in [9.17, 15) is 14.0 Å². The molecular weight excluding hydrogens is 359 g/mol. The van der Waals surface area contributed by atoms with Crippen molar-refractivity contribution in [3.8, 4) is 5.75 Å². The van der Waals surface area contributed by atoms with Crippen molar-refractivity contribution in [1.82, 2.24) is 10.2 Å². The van der Waals surface area contributed by atoms with Gasteiger partial charge >= 0.3 is 0 Å².